The molecule has 1 amide bonds. The lowest BCUT2D eigenvalue weighted by atomic mass is 9.87. The van der Waals surface area contributed by atoms with Gasteiger partial charge in [0.1, 0.15) is 6.73 Å². The van der Waals surface area contributed by atoms with Gasteiger partial charge in [-0.25, -0.2) is 0 Å². The number of carbonyl (C=O) groups is 1. The maximum Gasteiger partial charge on any atom is 0.228 e. The molecular weight excluding hydrogens is 202 g/mol. The topological polar surface area (TPSA) is 40.5 Å². The predicted octanol–water partition coefficient (Wildman–Crippen LogP) is 1.72. The third kappa shape index (κ3) is 1.71. The van der Waals surface area contributed by atoms with Gasteiger partial charge >= 0.3 is 0 Å². The Hall–Kier alpha value is -1.35. The Morgan fingerprint density at radius 2 is 2.00 bits per heavy atom. The molecule has 0 unspecified atom stereocenters. The molecule has 1 aliphatic rings. The normalized spacial score (nSPS) is 25.2. The predicted molar refractivity (Wildman–Crippen MR) is 61.7 cm³/mol. The molecule has 0 saturated carbocycles. The van der Waals surface area contributed by atoms with E-state index in [4.69, 9.17) is 0 Å². The number of fused-ring (bicyclic) bond motifs is 1. The van der Waals surface area contributed by atoms with E-state index in [1.165, 1.54) is 10.5 Å². The van der Waals surface area contributed by atoms with Crippen molar-refractivity contribution >= 4 is 5.91 Å². The van der Waals surface area contributed by atoms with Crippen molar-refractivity contribution in [3.63, 3.8) is 0 Å². The first kappa shape index (κ1) is 11.1. The largest absolute Gasteiger partial charge is 0.376 e. The molecule has 1 aromatic carbocycles. The minimum atomic E-state index is -0.204. The molecule has 16 heavy (non-hydrogen) atoms. The molecule has 1 N–H and O–H groups in total. The van der Waals surface area contributed by atoms with Gasteiger partial charge in [0.05, 0.1) is 0 Å². The number of hydrogen-bond donors (Lipinski definition) is 1. The summed E-state index contributed by atoms with van der Waals surface area (Å²) >= 11 is 0. The van der Waals surface area contributed by atoms with Crippen LogP contribution in [-0.4, -0.2) is 22.6 Å². The maximum absolute atomic E-state index is 12.0. The SMILES string of the molecule is C[C@@H]1c2ccccc2CN(CO)C(=O)[C@@H]1C. The number of carbonyl (C=O) groups excluding carboxylic acids is 1. The molecule has 1 heterocycles. The standard InChI is InChI=1S/C13H17NO2/c1-9-10(2)13(16)14(8-15)7-11-5-3-4-6-12(9)11/h3-6,9-10,15H,7-8H2,1-2H3/t9-,10+/m0/s1. The van der Waals surface area contributed by atoms with Crippen LogP contribution in [0.5, 0.6) is 0 Å². The zero-order chi connectivity index (χ0) is 11.7. The van der Waals surface area contributed by atoms with E-state index in [0.717, 1.165) is 5.56 Å². The highest BCUT2D eigenvalue weighted by atomic mass is 16.3. The Kier molecular flexibility index (Phi) is 2.97. The van der Waals surface area contributed by atoms with Gasteiger partial charge in [-0.15, -0.1) is 0 Å². The zero-order valence-electron chi connectivity index (χ0n) is 9.68. The highest BCUT2D eigenvalue weighted by molar-refractivity contribution is 5.80. The van der Waals surface area contributed by atoms with Gasteiger partial charge in [0, 0.05) is 12.5 Å². The van der Waals surface area contributed by atoms with Gasteiger partial charge in [0.25, 0.3) is 0 Å². The van der Waals surface area contributed by atoms with Gasteiger partial charge < -0.3 is 10.0 Å². The summed E-state index contributed by atoms with van der Waals surface area (Å²) in [7, 11) is 0. The van der Waals surface area contributed by atoms with Crippen LogP contribution in [0.4, 0.5) is 0 Å². The molecule has 3 heteroatoms. The Labute approximate surface area is 95.7 Å². The molecule has 86 valence electrons. The summed E-state index contributed by atoms with van der Waals surface area (Å²) in [6, 6.07) is 8.08. The number of aliphatic hydroxyl groups is 1. The molecule has 1 aliphatic heterocycles. The summed E-state index contributed by atoms with van der Waals surface area (Å²) in [6.07, 6.45) is 0. The number of nitrogens with zero attached hydrogens (tertiary/aromatic N) is 1. The van der Waals surface area contributed by atoms with Crippen LogP contribution in [0.2, 0.25) is 0 Å². The van der Waals surface area contributed by atoms with Crippen molar-refractivity contribution in [2.75, 3.05) is 6.73 Å². The Morgan fingerprint density at radius 1 is 1.31 bits per heavy atom. The number of aliphatic hydroxyl groups excluding tert-OH is 1. The van der Waals surface area contributed by atoms with Gasteiger partial charge in [-0.2, -0.15) is 0 Å². The fraction of sp³-hybridized carbons (Fsp3) is 0.462. The monoisotopic (exact) mass is 219 g/mol. The van der Waals surface area contributed by atoms with E-state index in [1.807, 2.05) is 25.1 Å². The smallest absolute Gasteiger partial charge is 0.228 e. The number of benzene rings is 1. The minimum Gasteiger partial charge on any atom is -0.376 e. The van der Waals surface area contributed by atoms with Crippen molar-refractivity contribution in [1.82, 2.24) is 4.90 Å². The van der Waals surface area contributed by atoms with E-state index in [1.54, 1.807) is 0 Å². The van der Waals surface area contributed by atoms with Crippen molar-refractivity contribution in [2.24, 2.45) is 5.92 Å². The summed E-state index contributed by atoms with van der Waals surface area (Å²) < 4.78 is 0. The van der Waals surface area contributed by atoms with Crippen molar-refractivity contribution in [3.05, 3.63) is 35.4 Å². The molecule has 2 atom stereocenters. The van der Waals surface area contributed by atoms with Crippen LogP contribution in [0.3, 0.4) is 0 Å². The fourth-order valence-corrected chi connectivity index (χ4v) is 2.30. The van der Waals surface area contributed by atoms with Crippen LogP contribution >= 0.6 is 0 Å². The first-order valence-corrected chi connectivity index (χ1v) is 5.62. The molecule has 0 saturated heterocycles. The van der Waals surface area contributed by atoms with Gasteiger partial charge in [-0.1, -0.05) is 38.1 Å². The average Bonchev–Trinajstić information content (AvgIpc) is 2.41. The third-order valence-corrected chi connectivity index (χ3v) is 3.53. The number of hydrogen-bond acceptors (Lipinski definition) is 2. The summed E-state index contributed by atoms with van der Waals surface area (Å²) in [6.45, 7) is 4.31. The first-order chi connectivity index (χ1) is 7.65. The van der Waals surface area contributed by atoms with Crippen molar-refractivity contribution in [2.45, 2.75) is 26.3 Å². The van der Waals surface area contributed by atoms with Crippen LogP contribution in [-0.2, 0) is 11.3 Å². The zero-order valence-corrected chi connectivity index (χ0v) is 9.68. The van der Waals surface area contributed by atoms with Gasteiger partial charge in [-0.3, -0.25) is 4.79 Å². The molecule has 0 bridgehead atoms. The van der Waals surface area contributed by atoms with Crippen LogP contribution in [0.15, 0.2) is 24.3 Å². The highest BCUT2D eigenvalue weighted by Crippen LogP contribution is 2.32. The number of rotatable bonds is 1. The molecule has 0 radical (unpaired) electrons. The van der Waals surface area contributed by atoms with Crippen LogP contribution in [0, 0.1) is 5.92 Å². The third-order valence-electron chi connectivity index (χ3n) is 3.53. The lowest BCUT2D eigenvalue weighted by molar-refractivity contribution is -0.139. The van der Waals surface area contributed by atoms with Gasteiger partial charge in [0.2, 0.25) is 5.91 Å². The second-order valence-corrected chi connectivity index (χ2v) is 4.45. The van der Waals surface area contributed by atoms with E-state index < -0.39 is 0 Å². The second-order valence-electron chi connectivity index (χ2n) is 4.45. The molecule has 0 fully saturated rings. The lowest BCUT2D eigenvalue weighted by Crippen LogP contribution is -2.34. The number of amides is 1. The van der Waals surface area contributed by atoms with Crippen LogP contribution in [0.1, 0.15) is 30.9 Å². The van der Waals surface area contributed by atoms with Crippen molar-refractivity contribution in [3.8, 4) is 0 Å². The Balaban J connectivity index is 2.46. The van der Waals surface area contributed by atoms with Crippen molar-refractivity contribution in [1.29, 1.82) is 0 Å². The molecule has 0 aromatic heterocycles. The van der Waals surface area contributed by atoms with Gasteiger partial charge in [0.15, 0.2) is 0 Å². The van der Waals surface area contributed by atoms with E-state index >= 15 is 0 Å². The summed E-state index contributed by atoms with van der Waals surface area (Å²) in [5, 5.41) is 9.22. The van der Waals surface area contributed by atoms with Crippen LogP contribution < -0.4 is 0 Å². The van der Waals surface area contributed by atoms with E-state index in [-0.39, 0.29) is 24.5 Å². The van der Waals surface area contributed by atoms with Crippen molar-refractivity contribution < 1.29 is 9.90 Å². The lowest BCUT2D eigenvalue weighted by Gasteiger charge is -2.21. The highest BCUT2D eigenvalue weighted by Gasteiger charge is 2.30. The maximum atomic E-state index is 12.0. The second kappa shape index (κ2) is 4.26. The summed E-state index contributed by atoms with van der Waals surface area (Å²) in [4.78, 5) is 13.5. The molecule has 3 nitrogen and oxygen atoms in total. The van der Waals surface area contributed by atoms with E-state index in [0.29, 0.717) is 6.54 Å². The fourth-order valence-electron chi connectivity index (χ4n) is 2.30. The van der Waals surface area contributed by atoms with E-state index in [9.17, 15) is 9.90 Å². The first-order valence-electron chi connectivity index (χ1n) is 5.62. The summed E-state index contributed by atoms with van der Waals surface area (Å²) in [5.41, 5.74) is 2.36. The Morgan fingerprint density at radius 3 is 2.69 bits per heavy atom. The molecule has 0 aliphatic carbocycles. The molecular formula is C13H17NO2. The average molecular weight is 219 g/mol. The molecule has 0 spiro atoms. The van der Waals surface area contributed by atoms with E-state index in [2.05, 4.69) is 13.0 Å². The quantitative estimate of drug-likeness (QED) is 0.781. The minimum absolute atomic E-state index is 0.0335. The van der Waals surface area contributed by atoms with Crippen LogP contribution in [0.25, 0.3) is 0 Å². The Bertz CT molecular complexity index is 399. The molecule has 2 rings (SSSR count). The summed E-state index contributed by atoms with van der Waals surface area (Å²) in [5.74, 6) is 0.169. The molecule has 1 aromatic rings. The van der Waals surface area contributed by atoms with Gasteiger partial charge in [-0.05, 0) is 17.0 Å².